The van der Waals surface area contributed by atoms with Crippen LogP contribution in [0.25, 0.3) is 10.9 Å². The van der Waals surface area contributed by atoms with Crippen LogP contribution in [0, 0.1) is 5.92 Å². The van der Waals surface area contributed by atoms with E-state index >= 15 is 0 Å². The minimum absolute atomic E-state index is 0.0120. The van der Waals surface area contributed by atoms with Crippen LogP contribution in [0.4, 0.5) is 0 Å². The molecule has 0 fully saturated rings. The Morgan fingerprint density at radius 1 is 0.891 bits per heavy atom. The molecule has 0 spiro atoms. The number of phenolic OH excluding ortho intramolecular Hbond substituents is 1. The summed E-state index contributed by atoms with van der Waals surface area (Å²) >= 11 is 0. The molecule has 12 N–H and O–H groups in total. The van der Waals surface area contributed by atoms with Gasteiger partial charge in [-0.2, -0.15) is 0 Å². The van der Waals surface area contributed by atoms with Gasteiger partial charge in [0.25, 0.3) is 0 Å². The van der Waals surface area contributed by atoms with Crippen molar-refractivity contribution in [1.82, 2.24) is 20.9 Å². The fourth-order valence-corrected chi connectivity index (χ4v) is 4.89. The quantitative estimate of drug-likeness (QED) is 0.0571. The summed E-state index contributed by atoms with van der Waals surface area (Å²) in [6.45, 7) is 3.92. The number of carbonyl (C=O) groups excluding carboxylic acids is 3. The molecule has 0 aliphatic carbocycles. The van der Waals surface area contributed by atoms with E-state index in [0.29, 0.717) is 24.0 Å². The number of fused-ring (bicyclic) bond motifs is 1. The van der Waals surface area contributed by atoms with Crippen molar-refractivity contribution in [1.29, 1.82) is 0 Å². The van der Waals surface area contributed by atoms with Gasteiger partial charge in [-0.25, -0.2) is 4.79 Å². The largest absolute Gasteiger partial charge is 0.508 e. The molecular formula is C32H44N8O6. The van der Waals surface area contributed by atoms with Crippen molar-refractivity contribution in [2.45, 2.75) is 70.1 Å². The number of aromatic amines is 1. The first-order valence-electron chi connectivity index (χ1n) is 15.2. The van der Waals surface area contributed by atoms with Gasteiger partial charge >= 0.3 is 5.97 Å². The van der Waals surface area contributed by atoms with Gasteiger partial charge in [-0.3, -0.25) is 19.4 Å². The molecule has 5 atom stereocenters. The number of nitrogens with zero attached hydrogens (tertiary/aromatic N) is 1. The minimum Gasteiger partial charge on any atom is -0.508 e. The highest BCUT2D eigenvalue weighted by Gasteiger charge is 2.31. The Labute approximate surface area is 267 Å². The molecule has 248 valence electrons. The number of guanidine groups is 1. The summed E-state index contributed by atoms with van der Waals surface area (Å²) in [5.74, 6) is -3.44. The summed E-state index contributed by atoms with van der Waals surface area (Å²) in [7, 11) is 0. The molecule has 3 aromatic rings. The molecule has 3 rings (SSSR count). The van der Waals surface area contributed by atoms with E-state index in [2.05, 4.69) is 25.9 Å². The van der Waals surface area contributed by atoms with Crippen LogP contribution in [-0.4, -0.2) is 75.6 Å². The van der Waals surface area contributed by atoms with E-state index in [9.17, 15) is 29.4 Å². The summed E-state index contributed by atoms with van der Waals surface area (Å²) in [6.07, 6.45) is 2.76. The van der Waals surface area contributed by atoms with E-state index in [-0.39, 0.29) is 43.4 Å². The number of hydrogen-bond acceptors (Lipinski definition) is 7. The number of aliphatic imine (C=N–C) groups is 1. The lowest BCUT2D eigenvalue weighted by atomic mass is 9.98. The number of carboxylic acids is 1. The van der Waals surface area contributed by atoms with Gasteiger partial charge in [-0.1, -0.05) is 50.6 Å². The Balaban J connectivity index is 1.84. The second-order valence-corrected chi connectivity index (χ2v) is 11.3. The molecule has 0 bridgehead atoms. The lowest BCUT2D eigenvalue weighted by Crippen LogP contribution is -2.58. The van der Waals surface area contributed by atoms with Crippen LogP contribution in [0.2, 0.25) is 0 Å². The summed E-state index contributed by atoms with van der Waals surface area (Å²) in [5.41, 5.74) is 19.0. The van der Waals surface area contributed by atoms with E-state index in [4.69, 9.17) is 17.2 Å². The molecule has 3 amide bonds. The topological polar surface area (TPSA) is 251 Å². The predicted molar refractivity (Wildman–Crippen MR) is 175 cm³/mol. The van der Waals surface area contributed by atoms with Crippen LogP contribution in [0.1, 0.15) is 44.2 Å². The van der Waals surface area contributed by atoms with Crippen molar-refractivity contribution in [3.63, 3.8) is 0 Å². The highest BCUT2D eigenvalue weighted by atomic mass is 16.4. The van der Waals surface area contributed by atoms with Gasteiger partial charge in [0, 0.05) is 36.5 Å². The maximum absolute atomic E-state index is 13.7. The molecular weight excluding hydrogens is 592 g/mol. The zero-order valence-corrected chi connectivity index (χ0v) is 26.0. The summed E-state index contributed by atoms with van der Waals surface area (Å²) in [4.78, 5) is 59.6. The molecule has 5 unspecified atom stereocenters. The molecule has 14 heteroatoms. The SMILES string of the molecule is CCC(C)C(N)C(=O)NC(CCCN=C(N)N)C(=O)NC(Cc1ccc(O)cc1)C(=O)NC(Cc1c[nH]c2ccccc12)C(=O)O. The molecule has 14 nitrogen and oxygen atoms in total. The van der Waals surface area contributed by atoms with Gasteiger partial charge in [-0.15, -0.1) is 0 Å². The van der Waals surface area contributed by atoms with Crippen molar-refractivity contribution in [2.24, 2.45) is 28.1 Å². The van der Waals surface area contributed by atoms with Crippen molar-refractivity contribution in [3.05, 3.63) is 65.9 Å². The zero-order chi connectivity index (χ0) is 33.8. The maximum Gasteiger partial charge on any atom is 0.326 e. The number of benzene rings is 2. The standard InChI is InChI=1S/C32H44N8O6/c1-3-18(2)27(33)30(44)38-24(9-6-14-36-32(34)35)28(42)39-25(15-19-10-12-21(41)13-11-19)29(43)40-26(31(45)46)16-20-17-37-23-8-5-4-7-22(20)23/h4-5,7-8,10-13,17-18,24-27,37,41H,3,6,9,14-16,33H2,1-2H3,(H,38,44)(H,39,42)(H,40,43)(H,45,46)(H4,34,35,36). The molecule has 0 radical (unpaired) electrons. The van der Waals surface area contributed by atoms with E-state index < -0.39 is 47.9 Å². The van der Waals surface area contributed by atoms with Crippen molar-refractivity contribution in [2.75, 3.05) is 6.54 Å². The fraction of sp³-hybridized carbons (Fsp3) is 0.406. The van der Waals surface area contributed by atoms with Crippen LogP contribution in [0.15, 0.2) is 59.7 Å². The number of aliphatic carboxylic acids is 1. The third-order valence-electron chi connectivity index (χ3n) is 7.86. The average Bonchev–Trinajstić information content (AvgIpc) is 3.44. The molecule has 1 aromatic heterocycles. The van der Waals surface area contributed by atoms with Crippen molar-refractivity contribution in [3.8, 4) is 5.75 Å². The monoisotopic (exact) mass is 636 g/mol. The smallest absolute Gasteiger partial charge is 0.326 e. The number of para-hydroxylation sites is 1. The number of carbonyl (C=O) groups is 4. The Morgan fingerprint density at radius 3 is 2.17 bits per heavy atom. The Hall–Kier alpha value is -5.11. The molecule has 2 aromatic carbocycles. The Kier molecular flexibility index (Phi) is 12.9. The minimum atomic E-state index is -1.31. The first-order valence-corrected chi connectivity index (χ1v) is 15.2. The third kappa shape index (κ3) is 10.2. The molecule has 46 heavy (non-hydrogen) atoms. The number of nitrogens with one attached hydrogen (secondary N) is 4. The highest BCUT2D eigenvalue weighted by Crippen LogP contribution is 2.19. The van der Waals surface area contributed by atoms with Crippen molar-refractivity contribution >= 4 is 40.6 Å². The molecule has 0 aliphatic rings. The number of H-pyrrole nitrogens is 1. The second kappa shape index (κ2) is 16.8. The fourth-order valence-electron chi connectivity index (χ4n) is 4.89. The zero-order valence-electron chi connectivity index (χ0n) is 26.0. The van der Waals surface area contributed by atoms with Crippen LogP contribution in [-0.2, 0) is 32.0 Å². The van der Waals surface area contributed by atoms with Gasteiger partial charge in [0.2, 0.25) is 17.7 Å². The number of aromatic hydroxyl groups is 1. The van der Waals surface area contributed by atoms with Gasteiger partial charge < -0.3 is 48.3 Å². The molecule has 0 saturated carbocycles. The molecule has 1 heterocycles. The van der Waals surface area contributed by atoms with Gasteiger partial charge in [0.1, 0.15) is 23.9 Å². The van der Waals surface area contributed by atoms with Crippen LogP contribution in [0.3, 0.4) is 0 Å². The number of carboxylic acid groups (broad SMARTS) is 1. The second-order valence-electron chi connectivity index (χ2n) is 11.3. The summed E-state index contributed by atoms with van der Waals surface area (Å²) in [5, 5.41) is 28.5. The van der Waals surface area contributed by atoms with Gasteiger partial charge in [-0.05, 0) is 48.1 Å². The third-order valence-corrected chi connectivity index (χ3v) is 7.86. The van der Waals surface area contributed by atoms with Crippen molar-refractivity contribution < 1.29 is 29.4 Å². The molecule has 0 saturated heterocycles. The first-order chi connectivity index (χ1) is 21.9. The first kappa shape index (κ1) is 35.4. The predicted octanol–water partition coefficient (Wildman–Crippen LogP) is 0.625. The van der Waals surface area contributed by atoms with E-state index in [1.54, 1.807) is 18.3 Å². The van der Waals surface area contributed by atoms with E-state index in [0.717, 1.165) is 10.9 Å². The number of rotatable bonds is 17. The highest BCUT2D eigenvalue weighted by molar-refractivity contribution is 5.94. The van der Waals surface area contributed by atoms with E-state index in [1.165, 1.54) is 12.1 Å². The summed E-state index contributed by atoms with van der Waals surface area (Å²) in [6, 6.07) is 8.94. The lowest BCUT2D eigenvalue weighted by Gasteiger charge is -2.26. The normalized spacial score (nSPS) is 14.3. The van der Waals surface area contributed by atoms with Gasteiger partial charge in [0.05, 0.1) is 6.04 Å². The Morgan fingerprint density at radius 2 is 1.52 bits per heavy atom. The van der Waals surface area contributed by atoms with Crippen LogP contribution < -0.4 is 33.2 Å². The molecule has 0 aliphatic heterocycles. The van der Waals surface area contributed by atoms with Crippen LogP contribution >= 0.6 is 0 Å². The average molecular weight is 637 g/mol. The lowest BCUT2D eigenvalue weighted by molar-refractivity contribution is -0.142. The number of nitrogens with two attached hydrogens (primary N) is 3. The summed E-state index contributed by atoms with van der Waals surface area (Å²) < 4.78 is 0. The van der Waals surface area contributed by atoms with Gasteiger partial charge in [0.15, 0.2) is 5.96 Å². The maximum atomic E-state index is 13.7. The Bertz CT molecular complexity index is 1520. The number of amides is 3. The number of aromatic nitrogens is 1. The van der Waals surface area contributed by atoms with E-state index in [1.807, 2.05) is 38.1 Å². The van der Waals surface area contributed by atoms with Crippen LogP contribution in [0.5, 0.6) is 5.75 Å². The number of hydrogen-bond donors (Lipinski definition) is 9. The number of phenols is 1.